The van der Waals surface area contributed by atoms with Crippen LogP contribution in [0.1, 0.15) is 22.8 Å². The van der Waals surface area contributed by atoms with Crippen molar-refractivity contribution in [1.82, 2.24) is 5.32 Å². The molecule has 0 atom stereocenters. The van der Waals surface area contributed by atoms with Gasteiger partial charge in [-0.25, -0.2) is 0 Å². The van der Waals surface area contributed by atoms with Gasteiger partial charge < -0.3 is 14.8 Å². The average molecular weight is 436 g/mol. The normalized spacial score (nSPS) is 12.5. The molecule has 1 aliphatic heterocycles. The van der Waals surface area contributed by atoms with Crippen molar-refractivity contribution >= 4 is 28.2 Å². The molecule has 2 aromatic carbocycles. The Morgan fingerprint density at radius 2 is 1.85 bits per heavy atom. The highest BCUT2D eigenvalue weighted by molar-refractivity contribution is 9.10. The van der Waals surface area contributed by atoms with Gasteiger partial charge in [-0.1, -0.05) is 58.4 Å². The highest BCUT2D eigenvalue weighted by Gasteiger charge is 2.01. The van der Waals surface area contributed by atoms with Crippen LogP contribution >= 0.6 is 15.9 Å². The first kappa shape index (κ1) is 23.0. The number of ether oxygens (including phenoxy) is 2. The van der Waals surface area contributed by atoms with E-state index in [1.54, 1.807) is 12.1 Å². The summed E-state index contributed by atoms with van der Waals surface area (Å²) in [6.45, 7) is 6.09. The Balaban J connectivity index is 0.000000214. The molecule has 1 saturated heterocycles. The van der Waals surface area contributed by atoms with Gasteiger partial charge in [0.25, 0.3) is 0 Å². The SMILES string of the molecule is C1COCCN1.CCOC(=O)Cc1ccccc1.O=Cc1cccc(Br)c1. The average Bonchev–Trinajstić information content (AvgIpc) is 2.71. The van der Waals surface area contributed by atoms with Crippen molar-refractivity contribution in [2.45, 2.75) is 13.3 Å². The highest BCUT2D eigenvalue weighted by Crippen LogP contribution is 2.09. The minimum atomic E-state index is -0.163. The minimum Gasteiger partial charge on any atom is -0.466 e. The molecule has 0 spiro atoms. The van der Waals surface area contributed by atoms with E-state index >= 15 is 0 Å². The number of nitrogens with one attached hydrogen (secondary N) is 1. The van der Waals surface area contributed by atoms with E-state index in [9.17, 15) is 9.59 Å². The zero-order valence-electron chi connectivity index (χ0n) is 15.5. The van der Waals surface area contributed by atoms with Crippen molar-refractivity contribution in [3.05, 3.63) is 70.2 Å². The van der Waals surface area contributed by atoms with Crippen LogP contribution in [0.3, 0.4) is 0 Å². The summed E-state index contributed by atoms with van der Waals surface area (Å²) >= 11 is 3.24. The van der Waals surface area contributed by atoms with E-state index < -0.39 is 0 Å². The lowest BCUT2D eigenvalue weighted by atomic mass is 10.2. The van der Waals surface area contributed by atoms with Crippen LogP contribution in [0.15, 0.2) is 59.1 Å². The molecule has 27 heavy (non-hydrogen) atoms. The summed E-state index contributed by atoms with van der Waals surface area (Å²) < 4.78 is 10.8. The fourth-order valence-corrected chi connectivity index (χ4v) is 2.49. The van der Waals surface area contributed by atoms with Crippen molar-refractivity contribution in [2.24, 2.45) is 0 Å². The van der Waals surface area contributed by atoms with Crippen LogP contribution in [0.25, 0.3) is 0 Å². The summed E-state index contributed by atoms with van der Waals surface area (Å²) in [6, 6.07) is 16.8. The molecule has 0 radical (unpaired) electrons. The smallest absolute Gasteiger partial charge is 0.310 e. The van der Waals surface area contributed by atoms with Gasteiger partial charge >= 0.3 is 5.97 Å². The maximum absolute atomic E-state index is 11.0. The van der Waals surface area contributed by atoms with E-state index in [1.165, 1.54) is 0 Å². The van der Waals surface area contributed by atoms with Crippen molar-refractivity contribution < 1.29 is 19.1 Å². The Morgan fingerprint density at radius 1 is 1.15 bits per heavy atom. The van der Waals surface area contributed by atoms with Crippen LogP contribution in [-0.2, 0) is 20.7 Å². The van der Waals surface area contributed by atoms with Gasteiger partial charge in [0.1, 0.15) is 6.29 Å². The summed E-state index contributed by atoms with van der Waals surface area (Å²) in [7, 11) is 0. The highest BCUT2D eigenvalue weighted by atomic mass is 79.9. The number of aldehydes is 1. The van der Waals surface area contributed by atoms with Gasteiger partial charge in [-0.15, -0.1) is 0 Å². The van der Waals surface area contributed by atoms with E-state index in [2.05, 4.69) is 21.2 Å². The van der Waals surface area contributed by atoms with E-state index in [-0.39, 0.29) is 5.97 Å². The van der Waals surface area contributed by atoms with Crippen molar-refractivity contribution in [2.75, 3.05) is 32.9 Å². The Hall–Kier alpha value is -2.02. The van der Waals surface area contributed by atoms with Gasteiger partial charge in [-0.2, -0.15) is 0 Å². The lowest BCUT2D eigenvalue weighted by molar-refractivity contribution is -0.142. The van der Waals surface area contributed by atoms with Crippen LogP contribution in [0, 0.1) is 0 Å². The first-order chi connectivity index (χ1) is 13.2. The lowest BCUT2D eigenvalue weighted by Crippen LogP contribution is -2.30. The van der Waals surface area contributed by atoms with Crippen LogP contribution in [-0.4, -0.2) is 45.2 Å². The summed E-state index contributed by atoms with van der Waals surface area (Å²) in [6.07, 6.45) is 1.19. The molecular formula is C21H26BrNO4. The second-order valence-electron chi connectivity index (χ2n) is 5.50. The van der Waals surface area contributed by atoms with Gasteiger partial charge in [0.05, 0.1) is 26.2 Å². The third-order valence-corrected chi connectivity index (χ3v) is 3.82. The first-order valence-electron chi connectivity index (χ1n) is 8.84. The zero-order chi connectivity index (χ0) is 19.7. The predicted molar refractivity (Wildman–Crippen MR) is 110 cm³/mol. The zero-order valence-corrected chi connectivity index (χ0v) is 17.1. The molecule has 0 amide bonds. The Morgan fingerprint density at radius 3 is 2.30 bits per heavy atom. The van der Waals surface area contributed by atoms with Gasteiger partial charge in [0.2, 0.25) is 0 Å². The maximum atomic E-state index is 11.0. The Kier molecular flexibility index (Phi) is 12.9. The molecule has 3 rings (SSSR count). The summed E-state index contributed by atoms with van der Waals surface area (Å²) in [5.74, 6) is -0.163. The summed E-state index contributed by atoms with van der Waals surface area (Å²) in [4.78, 5) is 21.1. The maximum Gasteiger partial charge on any atom is 0.310 e. The molecule has 2 aromatic rings. The summed E-state index contributed by atoms with van der Waals surface area (Å²) in [5, 5.41) is 3.16. The number of hydrogen-bond acceptors (Lipinski definition) is 5. The molecule has 1 aliphatic rings. The van der Waals surface area contributed by atoms with Crippen LogP contribution in [0.4, 0.5) is 0 Å². The van der Waals surface area contributed by atoms with Crippen LogP contribution in [0.2, 0.25) is 0 Å². The second-order valence-corrected chi connectivity index (χ2v) is 6.42. The monoisotopic (exact) mass is 435 g/mol. The summed E-state index contributed by atoms with van der Waals surface area (Å²) in [5.41, 5.74) is 1.69. The quantitative estimate of drug-likeness (QED) is 0.586. The number of carbonyl (C=O) groups is 2. The third-order valence-electron chi connectivity index (χ3n) is 3.33. The number of rotatable bonds is 4. The Labute approximate surface area is 169 Å². The van der Waals surface area contributed by atoms with Gasteiger partial charge in [-0.3, -0.25) is 9.59 Å². The van der Waals surface area contributed by atoms with Gasteiger partial charge in [0.15, 0.2) is 0 Å². The van der Waals surface area contributed by atoms with Gasteiger partial charge in [0, 0.05) is 23.1 Å². The van der Waals surface area contributed by atoms with E-state index in [4.69, 9.17) is 9.47 Å². The fraction of sp³-hybridized carbons (Fsp3) is 0.333. The fourth-order valence-electron chi connectivity index (χ4n) is 2.07. The third kappa shape index (κ3) is 12.1. The van der Waals surface area contributed by atoms with Crippen LogP contribution < -0.4 is 5.32 Å². The van der Waals surface area contributed by atoms with E-state index in [1.807, 2.05) is 49.4 Å². The number of hydrogen-bond donors (Lipinski definition) is 1. The molecule has 0 aliphatic carbocycles. The van der Waals surface area contributed by atoms with Crippen LogP contribution in [0.5, 0.6) is 0 Å². The molecular weight excluding hydrogens is 410 g/mol. The molecule has 1 N–H and O–H groups in total. The molecule has 6 heteroatoms. The number of halogens is 1. The molecule has 146 valence electrons. The second kappa shape index (κ2) is 15.1. The molecule has 0 aromatic heterocycles. The molecule has 0 saturated carbocycles. The standard InChI is InChI=1S/C10H12O2.C7H5BrO.C4H9NO/c1-2-12-10(11)8-9-6-4-3-5-7-9;8-7-3-1-2-6(4-7)5-9;1-3-6-4-2-5-1/h3-7H,2,8H2,1H3;1-5H;5H,1-4H2. The molecule has 0 bridgehead atoms. The van der Waals surface area contributed by atoms with Gasteiger partial charge in [-0.05, 0) is 24.6 Å². The largest absolute Gasteiger partial charge is 0.466 e. The number of morpholine rings is 1. The van der Waals surface area contributed by atoms with E-state index in [0.29, 0.717) is 18.6 Å². The Bertz CT molecular complexity index is 649. The molecule has 0 unspecified atom stereocenters. The lowest BCUT2D eigenvalue weighted by Gasteiger charge is -2.10. The van der Waals surface area contributed by atoms with E-state index in [0.717, 1.165) is 42.6 Å². The number of carbonyl (C=O) groups excluding carboxylic acids is 2. The van der Waals surface area contributed by atoms with Crippen molar-refractivity contribution in [3.8, 4) is 0 Å². The minimum absolute atomic E-state index is 0.163. The molecule has 5 nitrogen and oxygen atoms in total. The van der Waals surface area contributed by atoms with Crippen molar-refractivity contribution in [1.29, 1.82) is 0 Å². The number of benzene rings is 2. The number of esters is 1. The topological polar surface area (TPSA) is 64.6 Å². The predicted octanol–water partition coefficient (Wildman–Crippen LogP) is 3.66. The molecule has 1 heterocycles. The van der Waals surface area contributed by atoms with Crippen molar-refractivity contribution in [3.63, 3.8) is 0 Å². The molecule has 1 fully saturated rings. The first-order valence-corrected chi connectivity index (χ1v) is 9.63.